The molecule has 4 nitrogen and oxygen atoms in total. The molecule has 0 aliphatic carbocycles. The summed E-state index contributed by atoms with van der Waals surface area (Å²) >= 11 is 0. The van der Waals surface area contributed by atoms with Crippen LogP contribution in [0.5, 0.6) is 23.0 Å². The number of methoxy groups -OCH3 is 1. The van der Waals surface area contributed by atoms with E-state index in [4.69, 9.17) is 4.74 Å². The second-order valence-corrected chi connectivity index (χ2v) is 3.81. The van der Waals surface area contributed by atoms with Crippen molar-refractivity contribution < 1.29 is 20.1 Å². The van der Waals surface area contributed by atoms with Crippen LogP contribution in [0.4, 0.5) is 0 Å². The standard InChI is InChI=1S/C15H12O4/c1-19-14-8-6-10(9-13(14)17)5-7-11-3-2-4-12(16)15(11)18/h2-4,6,8-9,16-18H,1H3. The van der Waals surface area contributed by atoms with Crippen LogP contribution in [-0.4, -0.2) is 22.4 Å². The van der Waals surface area contributed by atoms with Gasteiger partial charge in [0.2, 0.25) is 0 Å². The minimum Gasteiger partial charge on any atom is -0.504 e. The monoisotopic (exact) mass is 256 g/mol. The molecule has 0 saturated heterocycles. The van der Waals surface area contributed by atoms with Gasteiger partial charge in [-0.2, -0.15) is 0 Å². The highest BCUT2D eigenvalue weighted by molar-refractivity contribution is 5.55. The summed E-state index contributed by atoms with van der Waals surface area (Å²) in [6.07, 6.45) is 0. The molecule has 0 heterocycles. The van der Waals surface area contributed by atoms with Gasteiger partial charge in [0.15, 0.2) is 23.0 Å². The van der Waals surface area contributed by atoms with Crippen LogP contribution in [0.3, 0.4) is 0 Å². The molecule has 19 heavy (non-hydrogen) atoms. The summed E-state index contributed by atoms with van der Waals surface area (Å²) in [4.78, 5) is 0. The molecule has 0 unspecified atom stereocenters. The predicted octanol–water partition coefficient (Wildman–Crippen LogP) is 2.21. The second kappa shape index (κ2) is 5.23. The highest BCUT2D eigenvalue weighted by Gasteiger charge is 2.03. The molecule has 0 radical (unpaired) electrons. The minimum absolute atomic E-state index is 0.00516. The maximum atomic E-state index is 9.61. The van der Waals surface area contributed by atoms with Gasteiger partial charge in [-0.1, -0.05) is 17.9 Å². The number of aromatic hydroxyl groups is 3. The van der Waals surface area contributed by atoms with Gasteiger partial charge in [-0.3, -0.25) is 0 Å². The lowest BCUT2D eigenvalue weighted by Gasteiger charge is -2.02. The number of ether oxygens (including phenoxy) is 1. The summed E-state index contributed by atoms with van der Waals surface area (Å²) in [6, 6.07) is 9.30. The molecule has 2 rings (SSSR count). The Labute approximate surface area is 110 Å². The summed E-state index contributed by atoms with van der Waals surface area (Å²) in [7, 11) is 1.46. The summed E-state index contributed by atoms with van der Waals surface area (Å²) in [5, 5.41) is 28.5. The van der Waals surface area contributed by atoms with E-state index in [1.54, 1.807) is 24.3 Å². The fraction of sp³-hybridized carbons (Fsp3) is 0.0667. The van der Waals surface area contributed by atoms with E-state index in [1.165, 1.54) is 19.2 Å². The van der Waals surface area contributed by atoms with Crippen molar-refractivity contribution in [1.29, 1.82) is 0 Å². The summed E-state index contributed by atoms with van der Waals surface area (Å²) in [5.41, 5.74) is 0.886. The largest absolute Gasteiger partial charge is 0.504 e. The van der Waals surface area contributed by atoms with E-state index in [0.717, 1.165) is 0 Å². The van der Waals surface area contributed by atoms with E-state index in [9.17, 15) is 15.3 Å². The first-order chi connectivity index (χ1) is 9.11. The van der Waals surface area contributed by atoms with E-state index in [0.29, 0.717) is 16.9 Å². The Kier molecular flexibility index (Phi) is 3.48. The van der Waals surface area contributed by atoms with Gasteiger partial charge >= 0.3 is 0 Å². The Hall–Kier alpha value is -2.80. The highest BCUT2D eigenvalue weighted by Crippen LogP contribution is 2.28. The molecule has 0 amide bonds. The minimum atomic E-state index is -0.257. The fourth-order valence-electron chi connectivity index (χ4n) is 1.54. The van der Waals surface area contributed by atoms with Crippen molar-refractivity contribution in [3.8, 4) is 34.8 Å². The number of phenols is 3. The van der Waals surface area contributed by atoms with E-state index >= 15 is 0 Å². The Morgan fingerprint density at radius 2 is 1.74 bits per heavy atom. The van der Waals surface area contributed by atoms with Gasteiger partial charge in [0.25, 0.3) is 0 Å². The number of para-hydroxylation sites is 1. The third-order valence-electron chi connectivity index (χ3n) is 2.54. The summed E-state index contributed by atoms with van der Waals surface area (Å²) in [6.45, 7) is 0. The van der Waals surface area contributed by atoms with Gasteiger partial charge < -0.3 is 20.1 Å². The van der Waals surface area contributed by atoms with Crippen molar-refractivity contribution in [2.24, 2.45) is 0 Å². The van der Waals surface area contributed by atoms with Crippen LogP contribution in [-0.2, 0) is 0 Å². The zero-order chi connectivity index (χ0) is 13.8. The van der Waals surface area contributed by atoms with Crippen LogP contribution in [0.1, 0.15) is 11.1 Å². The fourth-order valence-corrected chi connectivity index (χ4v) is 1.54. The van der Waals surface area contributed by atoms with Crippen molar-refractivity contribution in [2.45, 2.75) is 0 Å². The van der Waals surface area contributed by atoms with Crippen molar-refractivity contribution in [1.82, 2.24) is 0 Å². The van der Waals surface area contributed by atoms with Crippen molar-refractivity contribution in [3.05, 3.63) is 47.5 Å². The van der Waals surface area contributed by atoms with Crippen LogP contribution in [0.15, 0.2) is 36.4 Å². The first-order valence-corrected chi connectivity index (χ1v) is 5.52. The zero-order valence-electron chi connectivity index (χ0n) is 10.2. The molecule has 0 saturated carbocycles. The van der Waals surface area contributed by atoms with E-state index in [-0.39, 0.29) is 17.2 Å². The van der Waals surface area contributed by atoms with Crippen LogP contribution in [0.2, 0.25) is 0 Å². The molecule has 0 aliphatic heterocycles. The summed E-state index contributed by atoms with van der Waals surface area (Å²) < 4.78 is 4.93. The van der Waals surface area contributed by atoms with Crippen LogP contribution < -0.4 is 4.74 Å². The van der Waals surface area contributed by atoms with E-state index in [1.807, 2.05) is 0 Å². The predicted molar refractivity (Wildman–Crippen MR) is 70.4 cm³/mol. The summed E-state index contributed by atoms with van der Waals surface area (Å²) in [5.74, 6) is 5.39. The van der Waals surface area contributed by atoms with Gasteiger partial charge in [-0.25, -0.2) is 0 Å². The van der Waals surface area contributed by atoms with Gasteiger partial charge in [-0.15, -0.1) is 0 Å². The van der Waals surface area contributed by atoms with Gasteiger partial charge in [-0.05, 0) is 30.3 Å². The number of rotatable bonds is 1. The Morgan fingerprint density at radius 1 is 0.947 bits per heavy atom. The Morgan fingerprint density at radius 3 is 2.42 bits per heavy atom. The molecule has 3 N–H and O–H groups in total. The van der Waals surface area contributed by atoms with Crippen molar-refractivity contribution >= 4 is 0 Å². The third kappa shape index (κ3) is 2.72. The maximum Gasteiger partial charge on any atom is 0.173 e. The van der Waals surface area contributed by atoms with Crippen molar-refractivity contribution in [3.63, 3.8) is 0 Å². The maximum absolute atomic E-state index is 9.61. The molecule has 4 heteroatoms. The number of phenolic OH excluding ortho intramolecular Hbond substituents is 3. The molecular weight excluding hydrogens is 244 g/mol. The zero-order valence-corrected chi connectivity index (χ0v) is 10.2. The Bertz CT molecular complexity index is 666. The van der Waals surface area contributed by atoms with Crippen LogP contribution in [0.25, 0.3) is 0 Å². The quantitative estimate of drug-likeness (QED) is 0.540. The number of hydrogen-bond acceptors (Lipinski definition) is 4. The smallest absolute Gasteiger partial charge is 0.173 e. The molecule has 2 aromatic carbocycles. The van der Waals surface area contributed by atoms with Crippen LogP contribution >= 0.6 is 0 Å². The molecule has 2 aromatic rings. The van der Waals surface area contributed by atoms with Gasteiger partial charge in [0.05, 0.1) is 12.7 Å². The molecular formula is C15H12O4. The Balaban J connectivity index is 2.34. The molecule has 96 valence electrons. The van der Waals surface area contributed by atoms with Gasteiger partial charge in [0, 0.05) is 5.56 Å². The molecule has 0 aromatic heterocycles. The van der Waals surface area contributed by atoms with E-state index < -0.39 is 0 Å². The molecule has 0 atom stereocenters. The average molecular weight is 256 g/mol. The topological polar surface area (TPSA) is 69.9 Å². The lowest BCUT2D eigenvalue weighted by molar-refractivity contribution is 0.373. The molecule has 0 spiro atoms. The van der Waals surface area contributed by atoms with Crippen LogP contribution in [0, 0.1) is 11.8 Å². The van der Waals surface area contributed by atoms with Crippen molar-refractivity contribution in [2.75, 3.05) is 7.11 Å². The molecule has 0 aliphatic rings. The third-order valence-corrected chi connectivity index (χ3v) is 2.54. The SMILES string of the molecule is COc1ccc(C#Cc2cccc(O)c2O)cc1O. The average Bonchev–Trinajstić information content (AvgIpc) is 2.40. The van der Waals surface area contributed by atoms with Gasteiger partial charge in [0.1, 0.15) is 0 Å². The normalized spacial score (nSPS) is 9.53. The highest BCUT2D eigenvalue weighted by atomic mass is 16.5. The first-order valence-electron chi connectivity index (χ1n) is 5.52. The first kappa shape index (κ1) is 12.7. The molecule has 0 bridgehead atoms. The molecule has 0 fully saturated rings. The number of hydrogen-bond donors (Lipinski definition) is 3. The number of benzene rings is 2. The van der Waals surface area contributed by atoms with E-state index in [2.05, 4.69) is 11.8 Å². The lowest BCUT2D eigenvalue weighted by atomic mass is 10.1. The second-order valence-electron chi connectivity index (χ2n) is 3.81. The lowest BCUT2D eigenvalue weighted by Crippen LogP contribution is -1.84.